The molecule has 1 amide bonds. The second kappa shape index (κ2) is 7.63. The molecule has 2 aromatic heterocycles. The van der Waals surface area contributed by atoms with Crippen LogP contribution in [0, 0.1) is 13.8 Å². The van der Waals surface area contributed by atoms with E-state index in [1.54, 1.807) is 43.6 Å². The van der Waals surface area contributed by atoms with Crippen LogP contribution in [-0.4, -0.2) is 20.9 Å². The number of alkyl halides is 3. The molecule has 0 radical (unpaired) electrons. The SMILES string of the molecule is Cc1cc(Oc2ncccn2)ccc1NC(=O)c1ccc(C(F)(F)F)nc1C. The molecule has 0 aliphatic heterocycles. The number of amides is 1. The van der Waals surface area contributed by atoms with Gasteiger partial charge in [0.05, 0.1) is 11.3 Å². The van der Waals surface area contributed by atoms with Gasteiger partial charge in [-0.05, 0) is 55.8 Å². The Kier molecular flexibility index (Phi) is 5.25. The minimum absolute atomic E-state index is 0.00819. The minimum atomic E-state index is -4.56. The number of nitrogens with one attached hydrogen (secondary N) is 1. The van der Waals surface area contributed by atoms with Gasteiger partial charge in [0.2, 0.25) is 0 Å². The molecule has 1 N–H and O–H groups in total. The number of halogens is 3. The Morgan fingerprint density at radius 2 is 1.79 bits per heavy atom. The van der Waals surface area contributed by atoms with Gasteiger partial charge in [0.25, 0.3) is 5.91 Å². The molecule has 1 aromatic carbocycles. The van der Waals surface area contributed by atoms with Crippen molar-refractivity contribution in [1.29, 1.82) is 0 Å². The number of pyridine rings is 1. The van der Waals surface area contributed by atoms with Crippen molar-refractivity contribution in [2.75, 3.05) is 5.32 Å². The van der Waals surface area contributed by atoms with E-state index in [4.69, 9.17) is 4.74 Å². The molecule has 0 atom stereocenters. The standard InChI is InChI=1S/C19H15F3N4O2/c1-11-10-13(28-18-23-8-3-9-24-18)4-6-15(11)26-17(27)14-5-7-16(19(20,21)22)25-12(14)2/h3-10H,1-2H3,(H,26,27). The van der Waals surface area contributed by atoms with Gasteiger partial charge in [0.1, 0.15) is 11.4 Å². The Labute approximate surface area is 158 Å². The molecule has 3 rings (SSSR count). The summed E-state index contributed by atoms with van der Waals surface area (Å²) in [5, 5.41) is 2.67. The maximum atomic E-state index is 12.7. The number of ether oxygens (including phenoxy) is 1. The number of nitrogens with zero attached hydrogens (tertiary/aromatic N) is 3. The molecule has 28 heavy (non-hydrogen) atoms. The monoisotopic (exact) mass is 388 g/mol. The predicted molar refractivity (Wildman–Crippen MR) is 95.2 cm³/mol. The summed E-state index contributed by atoms with van der Waals surface area (Å²) in [4.78, 5) is 23.8. The molecule has 144 valence electrons. The fourth-order valence-electron chi connectivity index (χ4n) is 2.43. The van der Waals surface area contributed by atoms with Crippen LogP contribution in [0.2, 0.25) is 0 Å². The normalized spacial score (nSPS) is 11.2. The molecular weight excluding hydrogens is 373 g/mol. The van der Waals surface area contributed by atoms with Crippen LogP contribution >= 0.6 is 0 Å². The number of anilines is 1. The van der Waals surface area contributed by atoms with Crippen molar-refractivity contribution in [2.24, 2.45) is 0 Å². The summed E-state index contributed by atoms with van der Waals surface area (Å²) in [5.74, 6) is -0.0732. The summed E-state index contributed by atoms with van der Waals surface area (Å²) in [5.41, 5.74) is 0.198. The lowest BCUT2D eigenvalue weighted by Gasteiger charge is -2.12. The van der Waals surface area contributed by atoms with Crippen molar-refractivity contribution in [1.82, 2.24) is 15.0 Å². The molecule has 0 saturated carbocycles. The number of carbonyl (C=O) groups is 1. The molecule has 9 heteroatoms. The van der Waals surface area contributed by atoms with E-state index in [1.807, 2.05) is 0 Å². The molecule has 0 saturated heterocycles. The second-order valence-electron chi connectivity index (χ2n) is 5.89. The number of aromatic nitrogens is 3. The maximum absolute atomic E-state index is 12.7. The maximum Gasteiger partial charge on any atom is 0.433 e. The number of benzene rings is 1. The lowest BCUT2D eigenvalue weighted by Crippen LogP contribution is -2.17. The van der Waals surface area contributed by atoms with Crippen LogP contribution in [0.5, 0.6) is 11.8 Å². The van der Waals surface area contributed by atoms with Crippen LogP contribution < -0.4 is 10.1 Å². The van der Waals surface area contributed by atoms with Gasteiger partial charge >= 0.3 is 12.2 Å². The van der Waals surface area contributed by atoms with Crippen molar-refractivity contribution >= 4 is 11.6 Å². The third-order valence-electron chi connectivity index (χ3n) is 3.82. The van der Waals surface area contributed by atoms with Gasteiger partial charge in [-0.3, -0.25) is 4.79 Å². The highest BCUT2D eigenvalue weighted by Crippen LogP contribution is 2.29. The third kappa shape index (κ3) is 4.43. The summed E-state index contributed by atoms with van der Waals surface area (Å²) in [6.07, 6.45) is -1.47. The molecule has 0 aliphatic rings. The lowest BCUT2D eigenvalue weighted by molar-refractivity contribution is -0.141. The molecule has 0 aliphatic carbocycles. The topological polar surface area (TPSA) is 77.0 Å². The summed E-state index contributed by atoms with van der Waals surface area (Å²) in [6, 6.07) is 8.67. The Balaban J connectivity index is 1.75. The zero-order valence-corrected chi connectivity index (χ0v) is 14.9. The second-order valence-corrected chi connectivity index (χ2v) is 5.89. The van der Waals surface area contributed by atoms with Crippen molar-refractivity contribution in [2.45, 2.75) is 20.0 Å². The van der Waals surface area contributed by atoms with E-state index in [9.17, 15) is 18.0 Å². The molecule has 0 fully saturated rings. The van der Waals surface area contributed by atoms with E-state index in [0.29, 0.717) is 17.0 Å². The Morgan fingerprint density at radius 3 is 2.39 bits per heavy atom. The molecule has 0 unspecified atom stereocenters. The third-order valence-corrected chi connectivity index (χ3v) is 3.82. The number of rotatable bonds is 4. The van der Waals surface area contributed by atoms with E-state index in [2.05, 4.69) is 20.3 Å². The average Bonchev–Trinajstić information content (AvgIpc) is 2.64. The highest BCUT2D eigenvalue weighted by Gasteiger charge is 2.33. The van der Waals surface area contributed by atoms with Gasteiger partial charge in [0, 0.05) is 18.1 Å². The first-order valence-electron chi connectivity index (χ1n) is 8.16. The van der Waals surface area contributed by atoms with E-state index >= 15 is 0 Å². The molecule has 0 spiro atoms. The molecular formula is C19H15F3N4O2. The van der Waals surface area contributed by atoms with Crippen LogP contribution in [0.4, 0.5) is 18.9 Å². The van der Waals surface area contributed by atoms with Gasteiger partial charge < -0.3 is 10.1 Å². The smallest absolute Gasteiger partial charge is 0.424 e. The highest BCUT2D eigenvalue weighted by molar-refractivity contribution is 6.05. The Bertz CT molecular complexity index is 1010. The van der Waals surface area contributed by atoms with Gasteiger partial charge in [-0.25, -0.2) is 15.0 Å². The largest absolute Gasteiger partial charge is 0.433 e. The average molecular weight is 388 g/mol. The Morgan fingerprint density at radius 1 is 1.07 bits per heavy atom. The number of hydrogen-bond donors (Lipinski definition) is 1. The minimum Gasteiger partial charge on any atom is -0.424 e. The van der Waals surface area contributed by atoms with Crippen LogP contribution in [0.1, 0.15) is 27.3 Å². The fraction of sp³-hybridized carbons (Fsp3) is 0.158. The van der Waals surface area contributed by atoms with Crippen molar-refractivity contribution in [3.8, 4) is 11.8 Å². The first-order valence-corrected chi connectivity index (χ1v) is 8.16. The predicted octanol–water partition coefficient (Wildman–Crippen LogP) is 4.55. The first kappa shape index (κ1) is 19.3. The van der Waals surface area contributed by atoms with Gasteiger partial charge in [-0.2, -0.15) is 13.2 Å². The van der Waals surface area contributed by atoms with Gasteiger partial charge in [-0.15, -0.1) is 0 Å². The van der Waals surface area contributed by atoms with E-state index in [0.717, 1.165) is 12.1 Å². The number of hydrogen-bond acceptors (Lipinski definition) is 5. The van der Waals surface area contributed by atoms with Gasteiger partial charge in [-0.1, -0.05) is 0 Å². The van der Waals surface area contributed by atoms with Crippen molar-refractivity contribution in [3.05, 3.63) is 71.3 Å². The molecule has 0 bridgehead atoms. The summed E-state index contributed by atoms with van der Waals surface area (Å²) in [6.45, 7) is 3.11. The highest BCUT2D eigenvalue weighted by atomic mass is 19.4. The first-order chi connectivity index (χ1) is 13.2. The number of carbonyl (C=O) groups excluding carboxylic acids is 1. The number of aryl methyl sites for hydroxylation is 2. The lowest BCUT2D eigenvalue weighted by atomic mass is 10.1. The zero-order valence-electron chi connectivity index (χ0n) is 14.9. The molecule has 3 aromatic rings. The van der Waals surface area contributed by atoms with Crippen LogP contribution in [0.3, 0.4) is 0 Å². The van der Waals surface area contributed by atoms with E-state index < -0.39 is 17.8 Å². The van der Waals surface area contributed by atoms with E-state index in [1.165, 1.54) is 6.92 Å². The van der Waals surface area contributed by atoms with Crippen molar-refractivity contribution in [3.63, 3.8) is 0 Å². The summed E-state index contributed by atoms with van der Waals surface area (Å²) >= 11 is 0. The molecule has 6 nitrogen and oxygen atoms in total. The quantitative estimate of drug-likeness (QED) is 0.709. The van der Waals surface area contributed by atoms with E-state index in [-0.39, 0.29) is 17.3 Å². The zero-order chi connectivity index (χ0) is 20.3. The molecule has 2 heterocycles. The van der Waals surface area contributed by atoms with Crippen LogP contribution in [-0.2, 0) is 6.18 Å². The Hall–Kier alpha value is -3.49. The van der Waals surface area contributed by atoms with Crippen LogP contribution in [0.15, 0.2) is 48.8 Å². The van der Waals surface area contributed by atoms with Crippen LogP contribution in [0.25, 0.3) is 0 Å². The fourth-order valence-corrected chi connectivity index (χ4v) is 2.43. The van der Waals surface area contributed by atoms with Gasteiger partial charge in [0.15, 0.2) is 0 Å². The van der Waals surface area contributed by atoms with Crippen molar-refractivity contribution < 1.29 is 22.7 Å². The summed E-state index contributed by atoms with van der Waals surface area (Å²) < 4.78 is 43.6. The summed E-state index contributed by atoms with van der Waals surface area (Å²) in [7, 11) is 0.